The van der Waals surface area contributed by atoms with Crippen molar-refractivity contribution in [1.29, 1.82) is 0 Å². The molecule has 0 aromatic heterocycles. The molecule has 0 aromatic rings. The van der Waals surface area contributed by atoms with E-state index in [0.29, 0.717) is 6.42 Å². The molecule has 0 unspecified atom stereocenters. The Morgan fingerprint density at radius 2 is 2.38 bits per heavy atom. The van der Waals surface area contributed by atoms with E-state index in [1.807, 2.05) is 6.92 Å². The van der Waals surface area contributed by atoms with Crippen LogP contribution in [0, 0.1) is 0 Å². The lowest BCUT2D eigenvalue weighted by Crippen LogP contribution is -2.28. The molecule has 1 atom stereocenters. The van der Waals surface area contributed by atoms with Crippen molar-refractivity contribution in [3.8, 4) is 0 Å². The molecule has 2 N–H and O–H groups in total. The predicted molar refractivity (Wildman–Crippen MR) is 35.3 cm³/mol. The first kappa shape index (κ1) is 7.85. The van der Waals surface area contributed by atoms with Gasteiger partial charge in [-0.15, -0.1) is 0 Å². The molecule has 0 aliphatic heterocycles. The average Bonchev–Trinajstić information content (AvgIpc) is 1.67. The monoisotopic (exact) mass is 132 g/mol. The highest BCUT2D eigenvalue weighted by Crippen LogP contribution is 1.91. The summed E-state index contributed by atoms with van der Waals surface area (Å²) in [5, 5.41) is -0.327. The highest BCUT2D eigenvalue weighted by molar-refractivity contribution is 7.77. The molecule has 0 rings (SSSR count). The molecule has 0 amide bonds. The van der Waals surface area contributed by atoms with Crippen LogP contribution in [0.15, 0.2) is 0 Å². The van der Waals surface area contributed by atoms with Gasteiger partial charge in [-0.3, -0.25) is 0 Å². The molecule has 0 aromatic carbocycles. The molecule has 0 saturated carbocycles. The zero-order valence-electron chi connectivity index (χ0n) is 4.89. The standard InChI is InChI=1S/C5H11NOS/c1-2-3-4(6)5(7)8/h4H,2-3,6H2,1H3,(H,7,8)/p-1/t4-/m0/s1. The van der Waals surface area contributed by atoms with Gasteiger partial charge in [-0.2, -0.15) is 0 Å². The number of rotatable bonds is 3. The van der Waals surface area contributed by atoms with Gasteiger partial charge in [0.1, 0.15) is 0 Å². The molecule has 0 heterocycles. The van der Waals surface area contributed by atoms with Crippen LogP contribution in [0.5, 0.6) is 0 Å². The Labute approximate surface area is 54.9 Å². The summed E-state index contributed by atoms with van der Waals surface area (Å²) in [5.74, 6) is 0. The maximum Gasteiger partial charge on any atom is 0.0414 e. The number of hydrogen-bond donors (Lipinski definition) is 1. The van der Waals surface area contributed by atoms with E-state index in [4.69, 9.17) is 5.73 Å². The van der Waals surface area contributed by atoms with Crippen LogP contribution < -0.4 is 5.73 Å². The summed E-state index contributed by atoms with van der Waals surface area (Å²) >= 11 is 4.30. The molecule has 48 valence electrons. The summed E-state index contributed by atoms with van der Waals surface area (Å²) < 4.78 is 0. The van der Waals surface area contributed by atoms with Gasteiger partial charge in [0.05, 0.1) is 0 Å². The Bertz CT molecular complexity index is 84.5. The zero-order chi connectivity index (χ0) is 6.57. The minimum atomic E-state index is -0.407. The first-order chi connectivity index (χ1) is 3.68. The second-order valence-electron chi connectivity index (χ2n) is 1.71. The predicted octanol–water partition coefficient (Wildman–Crippen LogP) is 0.187. The fraction of sp³-hybridized carbons (Fsp3) is 0.800. The number of nitrogens with two attached hydrogens (primary N) is 1. The molecule has 0 aliphatic carbocycles. The Morgan fingerprint density at radius 3 is 2.50 bits per heavy atom. The third-order valence-corrected chi connectivity index (χ3v) is 1.21. The van der Waals surface area contributed by atoms with E-state index in [9.17, 15) is 4.79 Å². The number of carbonyl (C=O) groups is 1. The van der Waals surface area contributed by atoms with Crippen LogP contribution in [0.3, 0.4) is 0 Å². The molecule has 0 fully saturated rings. The largest absolute Gasteiger partial charge is 0.740 e. The third kappa shape index (κ3) is 2.93. The maximum absolute atomic E-state index is 10.2. The van der Waals surface area contributed by atoms with E-state index in [0.717, 1.165) is 6.42 Å². The smallest absolute Gasteiger partial charge is 0.0414 e. The van der Waals surface area contributed by atoms with E-state index in [1.54, 1.807) is 0 Å². The quantitative estimate of drug-likeness (QED) is 0.557. The van der Waals surface area contributed by atoms with Gasteiger partial charge in [-0.05, 0) is 6.42 Å². The summed E-state index contributed by atoms with van der Waals surface area (Å²) in [7, 11) is 0. The van der Waals surface area contributed by atoms with Gasteiger partial charge in [-0.1, -0.05) is 13.3 Å². The summed E-state index contributed by atoms with van der Waals surface area (Å²) in [6, 6.07) is -0.407. The lowest BCUT2D eigenvalue weighted by molar-refractivity contribution is -0.112. The van der Waals surface area contributed by atoms with E-state index >= 15 is 0 Å². The lowest BCUT2D eigenvalue weighted by atomic mass is 10.2. The summed E-state index contributed by atoms with van der Waals surface area (Å²) in [5.41, 5.74) is 5.27. The fourth-order valence-corrected chi connectivity index (χ4v) is 0.547. The number of hydrogen-bond acceptors (Lipinski definition) is 3. The summed E-state index contributed by atoms with van der Waals surface area (Å²) in [6.07, 6.45) is 1.63. The van der Waals surface area contributed by atoms with Crippen molar-refractivity contribution in [3.05, 3.63) is 0 Å². The molecular formula is C5H10NOS-. The van der Waals surface area contributed by atoms with Gasteiger partial charge in [0, 0.05) is 11.2 Å². The van der Waals surface area contributed by atoms with Crippen LogP contribution in [-0.2, 0) is 17.4 Å². The van der Waals surface area contributed by atoms with Crippen molar-refractivity contribution in [2.75, 3.05) is 0 Å². The normalized spacial score (nSPS) is 13.2. The summed E-state index contributed by atoms with van der Waals surface area (Å²) in [4.78, 5) is 10.2. The Kier molecular flexibility index (Phi) is 3.73. The van der Waals surface area contributed by atoms with Gasteiger partial charge < -0.3 is 23.2 Å². The first-order valence-corrected chi connectivity index (χ1v) is 3.05. The molecule has 0 radical (unpaired) electrons. The first-order valence-electron chi connectivity index (χ1n) is 2.65. The van der Waals surface area contributed by atoms with Crippen molar-refractivity contribution >= 4 is 17.7 Å². The second kappa shape index (κ2) is 3.80. The zero-order valence-corrected chi connectivity index (χ0v) is 5.70. The van der Waals surface area contributed by atoms with Crippen LogP contribution in [-0.4, -0.2) is 11.2 Å². The molecule has 0 bridgehead atoms. The summed E-state index contributed by atoms with van der Waals surface area (Å²) in [6.45, 7) is 1.97. The highest BCUT2D eigenvalue weighted by atomic mass is 32.1. The van der Waals surface area contributed by atoms with E-state index in [-0.39, 0.29) is 5.12 Å². The molecule has 0 aliphatic rings. The fourth-order valence-electron chi connectivity index (χ4n) is 0.429. The molecule has 0 spiro atoms. The van der Waals surface area contributed by atoms with Crippen molar-refractivity contribution in [2.45, 2.75) is 25.8 Å². The van der Waals surface area contributed by atoms with Gasteiger partial charge in [0.25, 0.3) is 0 Å². The van der Waals surface area contributed by atoms with E-state index < -0.39 is 6.04 Å². The Balaban J connectivity index is 3.32. The maximum atomic E-state index is 10.2. The molecule has 0 saturated heterocycles. The lowest BCUT2D eigenvalue weighted by Gasteiger charge is -2.11. The topological polar surface area (TPSA) is 43.1 Å². The highest BCUT2D eigenvalue weighted by Gasteiger charge is 1.97. The third-order valence-electron chi connectivity index (χ3n) is 0.902. The SMILES string of the molecule is CCC[C@H](N)C(=O)[S-]. The molecule has 2 nitrogen and oxygen atoms in total. The minimum absolute atomic E-state index is 0.327. The van der Waals surface area contributed by atoms with Gasteiger partial charge in [0.15, 0.2) is 0 Å². The van der Waals surface area contributed by atoms with E-state index in [2.05, 4.69) is 12.6 Å². The Hall–Kier alpha value is -0.150. The van der Waals surface area contributed by atoms with Crippen LogP contribution in [0.4, 0.5) is 0 Å². The van der Waals surface area contributed by atoms with Gasteiger partial charge >= 0.3 is 0 Å². The van der Waals surface area contributed by atoms with Crippen LogP contribution >= 0.6 is 0 Å². The van der Waals surface area contributed by atoms with Crippen LogP contribution in [0.2, 0.25) is 0 Å². The van der Waals surface area contributed by atoms with Crippen molar-refractivity contribution in [3.63, 3.8) is 0 Å². The van der Waals surface area contributed by atoms with Crippen LogP contribution in [0.25, 0.3) is 0 Å². The molecule has 8 heavy (non-hydrogen) atoms. The van der Waals surface area contributed by atoms with E-state index in [1.165, 1.54) is 0 Å². The van der Waals surface area contributed by atoms with Gasteiger partial charge in [-0.25, -0.2) is 0 Å². The Morgan fingerprint density at radius 1 is 1.88 bits per heavy atom. The molecular weight excluding hydrogens is 122 g/mol. The minimum Gasteiger partial charge on any atom is -0.740 e. The average molecular weight is 132 g/mol. The van der Waals surface area contributed by atoms with Crippen molar-refractivity contribution in [1.82, 2.24) is 0 Å². The van der Waals surface area contributed by atoms with Gasteiger partial charge in [0.2, 0.25) is 0 Å². The van der Waals surface area contributed by atoms with Crippen molar-refractivity contribution < 1.29 is 4.79 Å². The second-order valence-corrected chi connectivity index (χ2v) is 2.12. The number of carbonyl (C=O) groups excluding carboxylic acids is 1. The van der Waals surface area contributed by atoms with Crippen molar-refractivity contribution in [2.24, 2.45) is 5.73 Å². The van der Waals surface area contributed by atoms with Crippen LogP contribution in [0.1, 0.15) is 19.8 Å². The molecule has 3 heteroatoms.